The summed E-state index contributed by atoms with van der Waals surface area (Å²) in [4.78, 5) is 31.2. The SMILES string of the molecule is CSc1cccc(NC(=O)Cn2c(CNC(=O)c3ccccc3C)nc3ccccc32)c1. The normalized spacial score (nSPS) is 10.8. The van der Waals surface area contributed by atoms with Gasteiger partial charge < -0.3 is 15.2 Å². The Bertz CT molecular complexity index is 1280. The molecule has 0 fully saturated rings. The van der Waals surface area contributed by atoms with Crippen LogP contribution in [0.2, 0.25) is 0 Å². The highest BCUT2D eigenvalue weighted by Crippen LogP contribution is 2.20. The van der Waals surface area contributed by atoms with Gasteiger partial charge in [-0.15, -0.1) is 11.8 Å². The zero-order chi connectivity index (χ0) is 22.5. The third kappa shape index (κ3) is 4.84. The van der Waals surface area contributed by atoms with Crippen molar-refractivity contribution < 1.29 is 9.59 Å². The minimum Gasteiger partial charge on any atom is -0.345 e. The molecule has 0 aliphatic carbocycles. The monoisotopic (exact) mass is 444 g/mol. The fraction of sp³-hybridized carbons (Fsp3) is 0.160. The molecular weight excluding hydrogens is 420 g/mol. The van der Waals surface area contributed by atoms with E-state index in [1.165, 1.54) is 0 Å². The predicted octanol–water partition coefficient (Wildman–Crippen LogP) is 4.64. The number of anilines is 1. The van der Waals surface area contributed by atoms with Gasteiger partial charge in [-0.05, 0) is 55.1 Å². The molecule has 0 radical (unpaired) electrons. The number of hydrogen-bond acceptors (Lipinski definition) is 4. The molecule has 0 bridgehead atoms. The number of aromatic nitrogens is 2. The molecule has 2 amide bonds. The Labute approximate surface area is 191 Å². The van der Waals surface area contributed by atoms with E-state index in [1.807, 2.05) is 84.5 Å². The van der Waals surface area contributed by atoms with Crippen LogP contribution < -0.4 is 10.6 Å². The number of nitrogens with zero attached hydrogens (tertiary/aromatic N) is 2. The minimum absolute atomic E-state index is 0.0968. The number of carbonyl (C=O) groups excluding carboxylic acids is 2. The molecule has 162 valence electrons. The molecule has 0 spiro atoms. The quantitative estimate of drug-likeness (QED) is 0.407. The van der Waals surface area contributed by atoms with E-state index in [-0.39, 0.29) is 24.9 Å². The molecule has 0 unspecified atom stereocenters. The number of fused-ring (bicyclic) bond motifs is 1. The molecule has 0 saturated carbocycles. The lowest BCUT2D eigenvalue weighted by molar-refractivity contribution is -0.116. The number of carbonyl (C=O) groups is 2. The first kappa shape index (κ1) is 21.6. The van der Waals surface area contributed by atoms with Crippen LogP contribution in [0.3, 0.4) is 0 Å². The van der Waals surface area contributed by atoms with E-state index in [4.69, 9.17) is 0 Å². The van der Waals surface area contributed by atoms with Gasteiger partial charge in [0, 0.05) is 16.1 Å². The molecule has 4 aromatic rings. The van der Waals surface area contributed by atoms with E-state index >= 15 is 0 Å². The highest BCUT2D eigenvalue weighted by molar-refractivity contribution is 7.98. The third-order valence-corrected chi connectivity index (χ3v) is 5.91. The molecule has 1 heterocycles. The minimum atomic E-state index is -0.167. The molecule has 4 rings (SSSR count). The smallest absolute Gasteiger partial charge is 0.251 e. The zero-order valence-corrected chi connectivity index (χ0v) is 18.8. The maximum atomic E-state index is 12.8. The zero-order valence-electron chi connectivity index (χ0n) is 18.0. The Kier molecular flexibility index (Phi) is 6.56. The number of amides is 2. The first-order valence-corrected chi connectivity index (χ1v) is 11.5. The number of benzene rings is 3. The predicted molar refractivity (Wildman–Crippen MR) is 129 cm³/mol. The molecule has 0 atom stereocenters. The van der Waals surface area contributed by atoms with Crippen molar-refractivity contribution in [1.82, 2.24) is 14.9 Å². The maximum absolute atomic E-state index is 12.8. The highest BCUT2D eigenvalue weighted by Gasteiger charge is 2.16. The van der Waals surface area contributed by atoms with Gasteiger partial charge in [0.1, 0.15) is 12.4 Å². The van der Waals surface area contributed by atoms with Crippen molar-refractivity contribution in [2.75, 3.05) is 11.6 Å². The first-order valence-electron chi connectivity index (χ1n) is 10.3. The number of nitrogens with one attached hydrogen (secondary N) is 2. The molecule has 0 aliphatic heterocycles. The largest absolute Gasteiger partial charge is 0.345 e. The Hall–Kier alpha value is -3.58. The number of rotatable bonds is 7. The molecule has 1 aromatic heterocycles. The van der Waals surface area contributed by atoms with E-state index in [0.29, 0.717) is 11.4 Å². The average molecular weight is 445 g/mol. The van der Waals surface area contributed by atoms with Crippen molar-refractivity contribution >= 4 is 40.3 Å². The molecule has 2 N–H and O–H groups in total. The Morgan fingerprint density at radius 3 is 2.59 bits per heavy atom. The summed E-state index contributed by atoms with van der Waals surface area (Å²) in [6.45, 7) is 2.22. The van der Waals surface area contributed by atoms with Crippen molar-refractivity contribution in [2.24, 2.45) is 0 Å². The molecule has 0 saturated heterocycles. The van der Waals surface area contributed by atoms with Crippen LogP contribution in [0, 0.1) is 6.92 Å². The van der Waals surface area contributed by atoms with E-state index in [0.717, 1.165) is 27.2 Å². The van der Waals surface area contributed by atoms with Crippen LogP contribution in [0.4, 0.5) is 5.69 Å². The van der Waals surface area contributed by atoms with Gasteiger partial charge in [-0.2, -0.15) is 0 Å². The molecule has 7 heteroatoms. The van der Waals surface area contributed by atoms with Gasteiger partial charge in [-0.1, -0.05) is 36.4 Å². The lowest BCUT2D eigenvalue weighted by atomic mass is 10.1. The first-order chi connectivity index (χ1) is 15.5. The van der Waals surface area contributed by atoms with Gasteiger partial charge in [-0.3, -0.25) is 9.59 Å². The second-order valence-corrected chi connectivity index (χ2v) is 8.26. The van der Waals surface area contributed by atoms with Crippen molar-refractivity contribution in [3.05, 3.63) is 89.7 Å². The Balaban J connectivity index is 1.54. The Morgan fingerprint density at radius 1 is 1.00 bits per heavy atom. The summed E-state index contributed by atoms with van der Waals surface area (Å²) in [5.41, 5.74) is 3.91. The van der Waals surface area contributed by atoms with E-state index in [2.05, 4.69) is 15.6 Å². The number of thioether (sulfide) groups is 1. The van der Waals surface area contributed by atoms with Gasteiger partial charge in [0.15, 0.2) is 0 Å². The molecule has 0 aliphatic rings. The molecular formula is C25H24N4O2S. The van der Waals surface area contributed by atoms with Crippen molar-refractivity contribution in [2.45, 2.75) is 24.9 Å². The van der Waals surface area contributed by atoms with Crippen LogP contribution in [-0.2, 0) is 17.9 Å². The lowest BCUT2D eigenvalue weighted by Crippen LogP contribution is -2.27. The summed E-state index contributed by atoms with van der Waals surface area (Å²) in [6, 6.07) is 22.8. The van der Waals surface area contributed by atoms with Crippen LogP contribution in [0.5, 0.6) is 0 Å². The second kappa shape index (κ2) is 9.70. The third-order valence-electron chi connectivity index (χ3n) is 5.19. The summed E-state index contributed by atoms with van der Waals surface area (Å²) < 4.78 is 1.85. The summed E-state index contributed by atoms with van der Waals surface area (Å²) in [7, 11) is 0. The maximum Gasteiger partial charge on any atom is 0.251 e. The van der Waals surface area contributed by atoms with Crippen LogP contribution >= 0.6 is 11.8 Å². The van der Waals surface area contributed by atoms with E-state index in [9.17, 15) is 9.59 Å². The van der Waals surface area contributed by atoms with Crippen LogP contribution in [0.1, 0.15) is 21.7 Å². The van der Waals surface area contributed by atoms with Crippen molar-refractivity contribution in [3.8, 4) is 0 Å². The highest BCUT2D eigenvalue weighted by atomic mass is 32.2. The Morgan fingerprint density at radius 2 is 1.78 bits per heavy atom. The van der Waals surface area contributed by atoms with Crippen LogP contribution in [0.25, 0.3) is 11.0 Å². The number of aryl methyl sites for hydroxylation is 1. The van der Waals surface area contributed by atoms with Crippen molar-refractivity contribution in [1.29, 1.82) is 0 Å². The van der Waals surface area contributed by atoms with Gasteiger partial charge in [0.25, 0.3) is 5.91 Å². The van der Waals surface area contributed by atoms with Gasteiger partial charge >= 0.3 is 0 Å². The summed E-state index contributed by atoms with van der Waals surface area (Å²) in [5, 5.41) is 5.90. The second-order valence-electron chi connectivity index (χ2n) is 7.38. The summed E-state index contributed by atoms with van der Waals surface area (Å²) in [5.74, 6) is 0.305. The average Bonchev–Trinajstić information content (AvgIpc) is 3.15. The molecule has 6 nitrogen and oxygen atoms in total. The van der Waals surface area contributed by atoms with E-state index < -0.39 is 0 Å². The fourth-order valence-corrected chi connectivity index (χ4v) is 4.02. The van der Waals surface area contributed by atoms with E-state index in [1.54, 1.807) is 17.8 Å². The standard InChI is InChI=1S/C25H24N4O2S/c1-17-8-3-4-11-20(17)25(31)26-15-23-28-21-12-5-6-13-22(21)29(23)16-24(30)27-18-9-7-10-19(14-18)32-2/h3-14H,15-16H2,1-2H3,(H,26,31)(H,27,30). The molecule has 3 aromatic carbocycles. The van der Waals surface area contributed by atoms with Crippen molar-refractivity contribution in [3.63, 3.8) is 0 Å². The summed E-state index contributed by atoms with van der Waals surface area (Å²) in [6.07, 6.45) is 2.00. The van der Waals surface area contributed by atoms with Gasteiger partial charge in [-0.25, -0.2) is 4.98 Å². The topological polar surface area (TPSA) is 76.0 Å². The van der Waals surface area contributed by atoms with Gasteiger partial charge in [0.2, 0.25) is 5.91 Å². The fourth-order valence-electron chi connectivity index (χ4n) is 3.56. The number of hydrogen-bond donors (Lipinski definition) is 2. The van der Waals surface area contributed by atoms with Gasteiger partial charge in [0.05, 0.1) is 17.6 Å². The van der Waals surface area contributed by atoms with Crippen LogP contribution in [-0.4, -0.2) is 27.6 Å². The lowest BCUT2D eigenvalue weighted by Gasteiger charge is -2.12. The molecule has 32 heavy (non-hydrogen) atoms. The number of imidazole rings is 1. The number of para-hydroxylation sites is 2. The van der Waals surface area contributed by atoms with Crippen LogP contribution in [0.15, 0.2) is 77.7 Å². The summed E-state index contributed by atoms with van der Waals surface area (Å²) >= 11 is 1.62.